The van der Waals surface area contributed by atoms with Gasteiger partial charge in [-0.3, -0.25) is 4.79 Å². The predicted octanol–water partition coefficient (Wildman–Crippen LogP) is 0.669. The van der Waals surface area contributed by atoms with Crippen molar-refractivity contribution in [1.82, 2.24) is 9.78 Å². The molecule has 0 aliphatic heterocycles. The van der Waals surface area contributed by atoms with E-state index in [-0.39, 0.29) is 11.3 Å². The van der Waals surface area contributed by atoms with E-state index in [1.807, 2.05) is 0 Å². The molecule has 2 rings (SSSR count). The minimum Gasteiger partial charge on any atom is -0.478 e. The van der Waals surface area contributed by atoms with Crippen molar-refractivity contribution >= 4 is 11.9 Å². The molecule has 3 N–H and O–H groups in total. The minimum absolute atomic E-state index is 0.0881. The van der Waals surface area contributed by atoms with Crippen LogP contribution in [-0.4, -0.2) is 26.8 Å². The number of para-hydroxylation sites is 1. The number of amides is 1. The van der Waals surface area contributed by atoms with Gasteiger partial charge >= 0.3 is 5.97 Å². The normalized spacial score (nSPS) is 10.1. The summed E-state index contributed by atoms with van der Waals surface area (Å²) in [6.07, 6.45) is 1.49. The maximum atomic E-state index is 11.0. The highest BCUT2D eigenvalue weighted by molar-refractivity contribution is 5.92. The Bertz CT molecular complexity index is 589. The van der Waals surface area contributed by atoms with E-state index in [0.717, 1.165) is 0 Å². The Kier molecular flexibility index (Phi) is 2.61. The van der Waals surface area contributed by atoms with Gasteiger partial charge in [0, 0.05) is 6.20 Å². The molecule has 86 valence electrons. The van der Waals surface area contributed by atoms with E-state index in [4.69, 9.17) is 10.8 Å². The van der Waals surface area contributed by atoms with Crippen LogP contribution in [0.4, 0.5) is 0 Å². The number of hydrogen-bond acceptors (Lipinski definition) is 3. The van der Waals surface area contributed by atoms with Crippen LogP contribution in [0.1, 0.15) is 20.8 Å². The lowest BCUT2D eigenvalue weighted by molar-refractivity contribution is 0.0696. The largest absolute Gasteiger partial charge is 0.478 e. The number of aromatic carboxylic acids is 1. The predicted molar refractivity (Wildman–Crippen MR) is 59.0 cm³/mol. The molecule has 1 amide bonds. The second kappa shape index (κ2) is 4.09. The van der Waals surface area contributed by atoms with Crippen LogP contribution in [0.5, 0.6) is 0 Å². The van der Waals surface area contributed by atoms with Crippen LogP contribution in [0.25, 0.3) is 5.69 Å². The lowest BCUT2D eigenvalue weighted by Gasteiger charge is -2.04. The van der Waals surface area contributed by atoms with Crippen LogP contribution in [0.3, 0.4) is 0 Å². The smallest absolute Gasteiger partial charge is 0.337 e. The molecule has 6 nitrogen and oxygen atoms in total. The van der Waals surface area contributed by atoms with Crippen molar-refractivity contribution in [1.29, 1.82) is 0 Å². The molecule has 0 unspecified atom stereocenters. The zero-order valence-electron chi connectivity index (χ0n) is 8.70. The van der Waals surface area contributed by atoms with E-state index < -0.39 is 11.9 Å². The summed E-state index contributed by atoms with van der Waals surface area (Å²) in [5.74, 6) is -1.71. The first-order chi connectivity index (χ1) is 8.09. The molecule has 0 aliphatic carbocycles. The van der Waals surface area contributed by atoms with Crippen molar-refractivity contribution < 1.29 is 14.7 Å². The second-order valence-electron chi connectivity index (χ2n) is 3.33. The lowest BCUT2D eigenvalue weighted by Crippen LogP contribution is -2.13. The Morgan fingerprint density at radius 3 is 2.53 bits per heavy atom. The molecule has 1 aromatic carbocycles. The quantitative estimate of drug-likeness (QED) is 0.810. The highest BCUT2D eigenvalue weighted by atomic mass is 16.4. The van der Waals surface area contributed by atoms with Gasteiger partial charge in [0.1, 0.15) is 5.69 Å². The van der Waals surface area contributed by atoms with E-state index >= 15 is 0 Å². The van der Waals surface area contributed by atoms with E-state index in [1.165, 1.54) is 23.0 Å². The van der Waals surface area contributed by atoms with Crippen molar-refractivity contribution in [2.75, 3.05) is 0 Å². The van der Waals surface area contributed by atoms with Crippen LogP contribution >= 0.6 is 0 Å². The number of aromatic nitrogens is 2. The third kappa shape index (κ3) is 2.00. The first-order valence-corrected chi connectivity index (χ1v) is 4.78. The van der Waals surface area contributed by atoms with Gasteiger partial charge in [-0.15, -0.1) is 0 Å². The molecule has 0 saturated carbocycles. The summed E-state index contributed by atoms with van der Waals surface area (Å²) >= 11 is 0. The molecule has 0 saturated heterocycles. The number of carboxylic acids is 1. The number of nitrogens with zero attached hydrogens (tertiary/aromatic N) is 2. The van der Waals surface area contributed by atoms with Crippen molar-refractivity contribution in [3.8, 4) is 5.69 Å². The Morgan fingerprint density at radius 2 is 1.94 bits per heavy atom. The second-order valence-corrected chi connectivity index (χ2v) is 3.33. The summed E-state index contributed by atoms with van der Waals surface area (Å²) in [6.45, 7) is 0. The molecule has 1 aromatic heterocycles. The number of primary amides is 1. The van der Waals surface area contributed by atoms with Gasteiger partial charge in [-0.25, -0.2) is 9.48 Å². The SMILES string of the molecule is NC(=O)c1ccn(-c2ccccc2C(=O)O)n1. The third-order valence-electron chi connectivity index (χ3n) is 2.22. The highest BCUT2D eigenvalue weighted by Gasteiger charge is 2.12. The summed E-state index contributed by atoms with van der Waals surface area (Å²) < 4.78 is 1.31. The van der Waals surface area contributed by atoms with Gasteiger partial charge in [-0.05, 0) is 18.2 Å². The lowest BCUT2D eigenvalue weighted by atomic mass is 10.2. The average Bonchev–Trinajstić information content (AvgIpc) is 2.78. The number of carboxylic acid groups (broad SMARTS) is 1. The molecule has 0 bridgehead atoms. The fourth-order valence-electron chi connectivity index (χ4n) is 1.44. The minimum atomic E-state index is -1.06. The molecule has 0 fully saturated rings. The van der Waals surface area contributed by atoms with E-state index in [9.17, 15) is 9.59 Å². The van der Waals surface area contributed by atoms with Gasteiger partial charge in [-0.1, -0.05) is 12.1 Å². The van der Waals surface area contributed by atoms with Crippen molar-refractivity contribution in [3.63, 3.8) is 0 Å². The molecule has 17 heavy (non-hydrogen) atoms. The number of rotatable bonds is 3. The Balaban J connectivity index is 2.52. The van der Waals surface area contributed by atoms with Crippen LogP contribution in [-0.2, 0) is 0 Å². The summed E-state index contributed by atoms with van der Waals surface area (Å²) in [5.41, 5.74) is 5.65. The number of carbonyl (C=O) groups excluding carboxylic acids is 1. The van der Waals surface area contributed by atoms with E-state index in [2.05, 4.69) is 5.10 Å². The van der Waals surface area contributed by atoms with Gasteiger partial charge < -0.3 is 10.8 Å². The third-order valence-corrected chi connectivity index (χ3v) is 2.22. The van der Waals surface area contributed by atoms with Crippen LogP contribution < -0.4 is 5.73 Å². The zero-order chi connectivity index (χ0) is 12.4. The van der Waals surface area contributed by atoms with E-state index in [0.29, 0.717) is 5.69 Å². The fraction of sp³-hybridized carbons (Fsp3) is 0. The van der Waals surface area contributed by atoms with Gasteiger partial charge in [0.15, 0.2) is 0 Å². The first-order valence-electron chi connectivity index (χ1n) is 4.78. The maximum absolute atomic E-state index is 11.0. The fourth-order valence-corrected chi connectivity index (χ4v) is 1.44. The van der Waals surface area contributed by atoms with Gasteiger partial charge in [0.2, 0.25) is 0 Å². The summed E-state index contributed by atoms with van der Waals surface area (Å²) in [6, 6.07) is 7.80. The zero-order valence-corrected chi connectivity index (χ0v) is 8.70. The van der Waals surface area contributed by atoms with Crippen molar-refractivity contribution in [2.24, 2.45) is 5.73 Å². The summed E-state index contributed by atoms with van der Waals surface area (Å²) in [5, 5.41) is 12.9. The number of carbonyl (C=O) groups is 2. The maximum Gasteiger partial charge on any atom is 0.337 e. The van der Waals surface area contributed by atoms with E-state index in [1.54, 1.807) is 18.2 Å². The molecular formula is C11H9N3O3. The van der Waals surface area contributed by atoms with Crippen molar-refractivity contribution in [3.05, 3.63) is 47.8 Å². The molecule has 1 heterocycles. The highest BCUT2D eigenvalue weighted by Crippen LogP contribution is 2.13. The molecule has 6 heteroatoms. The number of hydrogen-bond donors (Lipinski definition) is 2. The summed E-state index contributed by atoms with van der Waals surface area (Å²) in [4.78, 5) is 21.9. The molecule has 0 atom stereocenters. The first kappa shape index (κ1) is 10.9. The van der Waals surface area contributed by atoms with Gasteiger partial charge in [-0.2, -0.15) is 5.10 Å². The van der Waals surface area contributed by atoms with Crippen molar-refractivity contribution in [2.45, 2.75) is 0 Å². The Hall–Kier alpha value is -2.63. The van der Waals surface area contributed by atoms with Crippen LogP contribution in [0.15, 0.2) is 36.5 Å². The molecule has 0 radical (unpaired) electrons. The number of nitrogens with two attached hydrogens (primary N) is 1. The van der Waals surface area contributed by atoms with Gasteiger partial charge in [0.25, 0.3) is 5.91 Å². The Labute approximate surface area is 96.3 Å². The molecular weight excluding hydrogens is 222 g/mol. The monoisotopic (exact) mass is 231 g/mol. The molecule has 0 spiro atoms. The van der Waals surface area contributed by atoms with Crippen LogP contribution in [0, 0.1) is 0 Å². The summed E-state index contributed by atoms with van der Waals surface area (Å²) in [7, 11) is 0. The van der Waals surface area contributed by atoms with Crippen LogP contribution in [0.2, 0.25) is 0 Å². The number of benzene rings is 1. The average molecular weight is 231 g/mol. The standard InChI is InChI=1S/C11H9N3O3/c12-10(15)8-5-6-14(13-8)9-4-2-1-3-7(9)11(16)17/h1-6H,(H2,12,15)(H,16,17). The topological polar surface area (TPSA) is 98.2 Å². The molecule has 2 aromatic rings. The van der Waals surface area contributed by atoms with Gasteiger partial charge in [0.05, 0.1) is 11.3 Å². The molecule has 0 aliphatic rings. The Morgan fingerprint density at radius 1 is 1.24 bits per heavy atom.